The highest BCUT2D eigenvalue weighted by Gasteiger charge is 2.32. The van der Waals surface area contributed by atoms with Crippen LogP contribution in [0.5, 0.6) is 17.2 Å². The first-order valence-corrected chi connectivity index (χ1v) is 21.9. The van der Waals surface area contributed by atoms with Gasteiger partial charge in [-0.1, -0.05) is 112 Å². The van der Waals surface area contributed by atoms with Crippen molar-refractivity contribution in [3.05, 3.63) is 17.7 Å². The van der Waals surface area contributed by atoms with Gasteiger partial charge in [0.1, 0.15) is 13.2 Å². The minimum absolute atomic E-state index is 0.0297. The zero-order valence-electron chi connectivity index (χ0n) is 37.3. The van der Waals surface area contributed by atoms with Crippen molar-refractivity contribution in [3.63, 3.8) is 0 Å². The summed E-state index contributed by atoms with van der Waals surface area (Å²) in [4.78, 5) is 76.8. The molecule has 0 bridgehead atoms. The monoisotopic (exact) mass is 839 g/mol. The quantitative estimate of drug-likeness (QED) is 0.0283. The van der Waals surface area contributed by atoms with Gasteiger partial charge in [0.2, 0.25) is 5.75 Å². The summed E-state index contributed by atoms with van der Waals surface area (Å²) < 4.78 is 43.6. The molecule has 0 amide bonds. The molecule has 0 N–H and O–H groups in total. The first kappa shape index (κ1) is 54.6. The highest BCUT2D eigenvalue weighted by molar-refractivity contribution is 5.91. The molecule has 0 saturated carbocycles. The second-order valence-electron chi connectivity index (χ2n) is 13.8. The normalized spacial score (nSPS) is 11.5. The Labute approximate surface area is 353 Å². The fourth-order valence-corrected chi connectivity index (χ4v) is 5.68. The van der Waals surface area contributed by atoms with Crippen LogP contribution in [-0.2, 0) is 47.7 Å². The Kier molecular flexibility index (Phi) is 32.9. The third-order valence-corrected chi connectivity index (χ3v) is 8.97. The summed E-state index contributed by atoms with van der Waals surface area (Å²) in [6, 6.07) is 2.68. The third-order valence-electron chi connectivity index (χ3n) is 8.97. The topological polar surface area (TPSA) is 176 Å². The molecule has 0 aliphatic heterocycles. The van der Waals surface area contributed by atoms with Crippen LogP contribution >= 0.6 is 0 Å². The van der Waals surface area contributed by atoms with Crippen molar-refractivity contribution in [2.45, 2.75) is 182 Å². The summed E-state index contributed by atoms with van der Waals surface area (Å²) in [5.74, 6) is -3.92. The average molecular weight is 839 g/mol. The van der Waals surface area contributed by atoms with Crippen molar-refractivity contribution in [1.29, 1.82) is 0 Å². The van der Waals surface area contributed by atoms with E-state index in [0.29, 0.717) is 19.3 Å². The predicted molar refractivity (Wildman–Crippen MR) is 224 cm³/mol. The Morgan fingerprint density at radius 3 is 1.24 bits per heavy atom. The molecular weight excluding hydrogens is 764 g/mol. The predicted octanol–water partition coefficient (Wildman–Crippen LogP) is 9.58. The average Bonchev–Trinajstić information content (AvgIpc) is 3.23. The van der Waals surface area contributed by atoms with Crippen LogP contribution < -0.4 is 14.2 Å². The number of hydrogen-bond acceptors (Lipinski definition) is 14. The molecule has 1 rings (SSSR count). The van der Waals surface area contributed by atoms with Crippen molar-refractivity contribution in [3.8, 4) is 17.2 Å². The molecule has 0 heterocycles. The van der Waals surface area contributed by atoms with Gasteiger partial charge in [0.05, 0.1) is 39.2 Å². The fraction of sp³-hybridized carbons (Fsp3) is 0.733. The molecule has 0 radical (unpaired) electrons. The van der Waals surface area contributed by atoms with Crippen LogP contribution in [-0.4, -0.2) is 82.1 Å². The molecule has 0 aliphatic carbocycles. The van der Waals surface area contributed by atoms with Crippen molar-refractivity contribution < 1.29 is 66.7 Å². The van der Waals surface area contributed by atoms with Crippen LogP contribution in [0.3, 0.4) is 0 Å². The summed E-state index contributed by atoms with van der Waals surface area (Å²) in [5.41, 5.74) is 0.119. The molecule has 1 aromatic rings. The van der Waals surface area contributed by atoms with Crippen LogP contribution in [0.2, 0.25) is 0 Å². The molecule has 0 saturated heterocycles. The summed E-state index contributed by atoms with van der Waals surface area (Å²) in [7, 11) is 2.64. The van der Waals surface area contributed by atoms with Gasteiger partial charge in [0, 0.05) is 19.3 Å². The van der Waals surface area contributed by atoms with Gasteiger partial charge in [-0.3, -0.25) is 24.0 Å². The molecular formula is C45H74O14. The van der Waals surface area contributed by atoms with E-state index < -0.39 is 74.1 Å². The number of esters is 6. The Morgan fingerprint density at radius 1 is 0.475 bits per heavy atom. The van der Waals surface area contributed by atoms with Crippen LogP contribution in [0.15, 0.2) is 12.1 Å². The van der Waals surface area contributed by atoms with Crippen LogP contribution in [0.1, 0.15) is 180 Å². The number of rotatable bonds is 33. The second kappa shape index (κ2) is 35.6. The lowest BCUT2D eigenvalue weighted by Gasteiger charge is -2.26. The van der Waals surface area contributed by atoms with E-state index >= 15 is 0 Å². The molecule has 2 atom stereocenters. The zero-order valence-corrected chi connectivity index (χ0v) is 37.3. The third kappa shape index (κ3) is 25.7. The maximum absolute atomic E-state index is 13.0. The van der Waals surface area contributed by atoms with E-state index in [1.165, 1.54) is 26.4 Å². The van der Waals surface area contributed by atoms with E-state index in [4.69, 9.17) is 37.9 Å². The van der Waals surface area contributed by atoms with Gasteiger partial charge < -0.3 is 37.9 Å². The molecule has 0 spiro atoms. The largest absolute Gasteiger partial charge is 0.493 e. The Bertz CT molecular complexity index is 1320. The molecule has 2 unspecified atom stereocenters. The van der Waals surface area contributed by atoms with Crippen LogP contribution in [0.4, 0.5) is 0 Å². The lowest BCUT2D eigenvalue weighted by atomic mass is 10.1. The van der Waals surface area contributed by atoms with E-state index in [1.54, 1.807) is 6.92 Å². The van der Waals surface area contributed by atoms with Crippen LogP contribution in [0, 0.1) is 0 Å². The smallest absolute Gasteiger partial charge is 0.338 e. The minimum Gasteiger partial charge on any atom is -0.493 e. The number of ether oxygens (including phenoxy) is 8. The Hall–Kier alpha value is -4.36. The lowest BCUT2D eigenvalue weighted by Crippen LogP contribution is -2.42. The number of carbonyl (C=O) groups is 6. The van der Waals surface area contributed by atoms with E-state index in [9.17, 15) is 28.8 Å². The van der Waals surface area contributed by atoms with Gasteiger partial charge in [-0.2, -0.15) is 0 Å². The second-order valence-corrected chi connectivity index (χ2v) is 13.8. The Morgan fingerprint density at radius 2 is 0.847 bits per heavy atom. The van der Waals surface area contributed by atoms with Crippen LogP contribution in [0.25, 0.3) is 0 Å². The van der Waals surface area contributed by atoms with Gasteiger partial charge >= 0.3 is 35.8 Å². The maximum atomic E-state index is 13.0. The molecule has 0 aliphatic rings. The number of methoxy groups -OCH3 is 2. The summed E-state index contributed by atoms with van der Waals surface area (Å²) >= 11 is 0. The van der Waals surface area contributed by atoms with E-state index in [1.807, 2.05) is 13.8 Å². The molecule has 1 aromatic carbocycles. The summed E-state index contributed by atoms with van der Waals surface area (Å²) in [6.07, 6.45) is 10.7. The number of benzene rings is 1. The SMILES string of the molecule is CC.CCCCCCCC(=O)OCC(OC(=O)CCCCCCC)C(COC(=O)CCC(=O)Oc1c(OC)cc(C(=O)OCC)cc1OC)OC(=O)CCCCCCC. The Balaban J connectivity index is 0.0000165. The zero-order chi connectivity index (χ0) is 44.3. The molecule has 0 aromatic heterocycles. The fourth-order valence-electron chi connectivity index (χ4n) is 5.68. The highest BCUT2D eigenvalue weighted by Crippen LogP contribution is 2.39. The molecule has 14 heteroatoms. The van der Waals surface area contributed by atoms with Crippen molar-refractivity contribution in [2.75, 3.05) is 34.0 Å². The molecule has 338 valence electrons. The first-order chi connectivity index (χ1) is 28.5. The van der Waals surface area contributed by atoms with Gasteiger partial charge in [-0.15, -0.1) is 0 Å². The number of hydrogen-bond donors (Lipinski definition) is 0. The van der Waals surface area contributed by atoms with Gasteiger partial charge in [0.25, 0.3) is 0 Å². The highest BCUT2D eigenvalue weighted by atomic mass is 16.6. The van der Waals surface area contributed by atoms with Crippen molar-refractivity contribution >= 4 is 35.8 Å². The maximum Gasteiger partial charge on any atom is 0.338 e. The minimum atomic E-state index is -1.28. The van der Waals surface area contributed by atoms with Gasteiger partial charge in [-0.25, -0.2) is 4.79 Å². The van der Waals surface area contributed by atoms with Gasteiger partial charge in [0.15, 0.2) is 23.7 Å². The van der Waals surface area contributed by atoms with Crippen molar-refractivity contribution in [2.24, 2.45) is 0 Å². The number of carbonyl (C=O) groups excluding carboxylic acids is 6. The summed E-state index contributed by atoms with van der Waals surface area (Å²) in [5, 5.41) is 0. The molecule has 59 heavy (non-hydrogen) atoms. The standard InChI is InChI=1S/C43H68O14.C2H6/c1-7-11-14-17-20-23-37(44)53-30-35(55-39(46)24-21-18-15-12-8-2)36(56-40(47)25-22-19-16-13-9-3)31-54-38(45)26-27-41(48)57-42-33(50-5)28-32(29-34(42)51-6)43(49)52-10-4;1-2/h28-29,35-36H,7-27,30-31H2,1-6H3;1-2H3. The van der Waals surface area contributed by atoms with Crippen molar-refractivity contribution in [1.82, 2.24) is 0 Å². The molecule has 0 fully saturated rings. The first-order valence-electron chi connectivity index (χ1n) is 21.9. The van der Waals surface area contributed by atoms with E-state index in [0.717, 1.165) is 77.0 Å². The van der Waals surface area contributed by atoms with E-state index in [2.05, 4.69) is 20.8 Å². The van der Waals surface area contributed by atoms with Gasteiger partial charge in [-0.05, 0) is 38.3 Å². The summed E-state index contributed by atoms with van der Waals surface area (Å²) in [6.45, 7) is 11.2. The lowest BCUT2D eigenvalue weighted by molar-refractivity contribution is -0.183. The molecule has 14 nitrogen and oxygen atoms in total. The van der Waals surface area contributed by atoms with E-state index in [-0.39, 0.29) is 48.7 Å². The number of unbranched alkanes of at least 4 members (excludes halogenated alkanes) is 12.